The maximum absolute atomic E-state index is 11.3. The molecule has 0 bridgehead atoms. The van der Waals surface area contributed by atoms with E-state index >= 15 is 0 Å². The second-order valence-corrected chi connectivity index (χ2v) is 1.80. The van der Waals surface area contributed by atoms with Gasteiger partial charge in [-0.2, -0.15) is 13.2 Å². The zero-order valence-electron chi connectivity index (χ0n) is 4.94. The van der Waals surface area contributed by atoms with E-state index in [-0.39, 0.29) is 0 Å². The van der Waals surface area contributed by atoms with Crippen molar-refractivity contribution in [2.45, 2.75) is 25.6 Å². The van der Waals surface area contributed by atoms with E-state index in [0.717, 1.165) is 6.42 Å². The van der Waals surface area contributed by atoms with Gasteiger partial charge in [-0.3, -0.25) is 0 Å². The molecule has 1 nitrogen and oxygen atoms in total. The van der Waals surface area contributed by atoms with Crippen molar-refractivity contribution in [3.05, 3.63) is 6.42 Å². The van der Waals surface area contributed by atoms with Gasteiger partial charge in [0, 0.05) is 6.42 Å². The third-order valence-corrected chi connectivity index (χ3v) is 0.690. The largest absolute Gasteiger partial charge is 0.393 e. The van der Waals surface area contributed by atoms with Gasteiger partial charge in [-0.25, -0.2) is 0 Å². The van der Waals surface area contributed by atoms with Crippen LogP contribution in [0.15, 0.2) is 0 Å². The lowest BCUT2D eigenvalue weighted by Gasteiger charge is -2.06. The molecular formula is C5H8F3O. The SMILES string of the molecule is CC(O)[CH]CC(F)(F)F. The first-order chi connectivity index (χ1) is 3.92. The van der Waals surface area contributed by atoms with Crippen molar-refractivity contribution in [1.29, 1.82) is 0 Å². The molecule has 0 fully saturated rings. The van der Waals surface area contributed by atoms with Crippen molar-refractivity contribution < 1.29 is 18.3 Å². The second-order valence-electron chi connectivity index (χ2n) is 1.80. The van der Waals surface area contributed by atoms with Crippen LogP contribution in [0, 0.1) is 6.42 Å². The molecule has 0 aromatic heterocycles. The molecule has 1 atom stereocenters. The number of aliphatic hydroxyl groups is 1. The number of halogens is 3. The number of hydrogen-bond acceptors (Lipinski definition) is 1. The molecular weight excluding hydrogens is 133 g/mol. The van der Waals surface area contributed by atoms with Gasteiger partial charge in [0.15, 0.2) is 0 Å². The van der Waals surface area contributed by atoms with Crippen LogP contribution in [0.1, 0.15) is 13.3 Å². The minimum Gasteiger partial charge on any atom is -0.393 e. The van der Waals surface area contributed by atoms with E-state index in [0.29, 0.717) is 0 Å². The molecule has 0 aliphatic rings. The monoisotopic (exact) mass is 141 g/mol. The summed E-state index contributed by atoms with van der Waals surface area (Å²) in [5, 5.41) is 8.36. The highest BCUT2D eigenvalue weighted by Crippen LogP contribution is 2.21. The Morgan fingerprint density at radius 1 is 1.56 bits per heavy atom. The first kappa shape index (κ1) is 8.75. The normalized spacial score (nSPS) is 15.7. The molecule has 0 saturated heterocycles. The Morgan fingerprint density at radius 3 is 2.11 bits per heavy atom. The maximum Gasteiger partial charge on any atom is 0.389 e. The average Bonchev–Trinajstić information content (AvgIpc) is 1.59. The topological polar surface area (TPSA) is 20.2 Å². The molecule has 0 aliphatic carbocycles. The maximum atomic E-state index is 11.3. The van der Waals surface area contributed by atoms with Crippen LogP contribution < -0.4 is 0 Å². The average molecular weight is 141 g/mol. The molecule has 0 amide bonds. The first-order valence-corrected chi connectivity index (χ1v) is 2.50. The fraction of sp³-hybridized carbons (Fsp3) is 0.800. The second kappa shape index (κ2) is 3.06. The Balaban J connectivity index is 3.28. The van der Waals surface area contributed by atoms with Gasteiger partial charge in [-0.1, -0.05) is 0 Å². The Morgan fingerprint density at radius 2 is 2.00 bits per heavy atom. The summed E-state index contributed by atoms with van der Waals surface area (Å²) in [6, 6.07) is 0. The fourth-order valence-corrected chi connectivity index (χ4v) is 0.304. The van der Waals surface area contributed by atoms with Gasteiger partial charge in [0.25, 0.3) is 0 Å². The van der Waals surface area contributed by atoms with Crippen molar-refractivity contribution in [2.75, 3.05) is 0 Å². The van der Waals surface area contributed by atoms with E-state index in [2.05, 4.69) is 0 Å². The quantitative estimate of drug-likeness (QED) is 0.618. The molecule has 55 valence electrons. The lowest BCUT2D eigenvalue weighted by Crippen LogP contribution is -2.12. The molecule has 1 unspecified atom stereocenters. The van der Waals surface area contributed by atoms with Crippen molar-refractivity contribution in [1.82, 2.24) is 0 Å². The van der Waals surface area contributed by atoms with Crippen LogP contribution in [0.25, 0.3) is 0 Å². The lowest BCUT2D eigenvalue weighted by atomic mass is 10.2. The highest BCUT2D eigenvalue weighted by molar-refractivity contribution is 4.74. The molecule has 1 radical (unpaired) electrons. The third kappa shape index (κ3) is 7.75. The molecule has 0 rings (SSSR count). The Labute approximate surface area is 51.5 Å². The standard InChI is InChI=1S/C5H8F3O/c1-4(9)2-3-5(6,7)8/h2,4,9H,3H2,1H3. The number of rotatable bonds is 2. The number of hydrogen-bond donors (Lipinski definition) is 1. The van der Waals surface area contributed by atoms with E-state index in [9.17, 15) is 13.2 Å². The van der Waals surface area contributed by atoms with Crippen molar-refractivity contribution >= 4 is 0 Å². The van der Waals surface area contributed by atoms with Crippen molar-refractivity contribution in [3.63, 3.8) is 0 Å². The molecule has 1 N–H and O–H groups in total. The summed E-state index contributed by atoms with van der Waals surface area (Å²) < 4.78 is 33.8. The molecule has 0 aromatic carbocycles. The Hall–Kier alpha value is -0.250. The van der Waals surface area contributed by atoms with Crippen LogP contribution in [0.4, 0.5) is 13.2 Å². The molecule has 0 heterocycles. The van der Waals surface area contributed by atoms with Crippen LogP contribution in [-0.4, -0.2) is 17.4 Å². The summed E-state index contributed by atoms with van der Waals surface area (Å²) in [6.45, 7) is 1.28. The zero-order chi connectivity index (χ0) is 7.49. The molecule has 0 saturated carbocycles. The van der Waals surface area contributed by atoms with E-state index in [1.54, 1.807) is 0 Å². The summed E-state index contributed by atoms with van der Waals surface area (Å²) in [5.74, 6) is 0. The summed E-state index contributed by atoms with van der Waals surface area (Å²) in [5.41, 5.74) is 0. The number of alkyl halides is 3. The van der Waals surface area contributed by atoms with Crippen LogP contribution in [0.3, 0.4) is 0 Å². The summed E-state index contributed by atoms with van der Waals surface area (Å²) in [6.07, 6.45) is -5.38. The lowest BCUT2D eigenvalue weighted by molar-refractivity contribution is -0.130. The summed E-state index contributed by atoms with van der Waals surface area (Å²) in [7, 11) is 0. The van der Waals surface area contributed by atoms with Gasteiger partial charge in [-0.15, -0.1) is 0 Å². The van der Waals surface area contributed by atoms with E-state index in [4.69, 9.17) is 5.11 Å². The number of aliphatic hydroxyl groups excluding tert-OH is 1. The highest BCUT2D eigenvalue weighted by Gasteiger charge is 2.26. The summed E-state index contributed by atoms with van der Waals surface area (Å²) >= 11 is 0. The minimum absolute atomic E-state index is 0.806. The van der Waals surface area contributed by atoms with Gasteiger partial charge in [0.05, 0.1) is 6.10 Å². The van der Waals surface area contributed by atoms with Crippen LogP contribution in [0.5, 0.6) is 0 Å². The first-order valence-electron chi connectivity index (χ1n) is 2.50. The Bertz CT molecular complexity index is 76.8. The highest BCUT2D eigenvalue weighted by atomic mass is 19.4. The van der Waals surface area contributed by atoms with Crippen molar-refractivity contribution in [3.8, 4) is 0 Å². The van der Waals surface area contributed by atoms with E-state index < -0.39 is 18.7 Å². The summed E-state index contributed by atoms with van der Waals surface area (Å²) in [4.78, 5) is 0. The predicted molar refractivity (Wildman–Crippen MR) is 26.7 cm³/mol. The van der Waals surface area contributed by atoms with Crippen molar-refractivity contribution in [2.24, 2.45) is 0 Å². The van der Waals surface area contributed by atoms with Gasteiger partial charge in [-0.05, 0) is 13.3 Å². The Kier molecular flexibility index (Phi) is 2.97. The van der Waals surface area contributed by atoms with Gasteiger partial charge in [0.2, 0.25) is 0 Å². The van der Waals surface area contributed by atoms with Gasteiger partial charge < -0.3 is 5.11 Å². The van der Waals surface area contributed by atoms with Crippen LogP contribution in [-0.2, 0) is 0 Å². The van der Waals surface area contributed by atoms with Gasteiger partial charge >= 0.3 is 6.18 Å². The van der Waals surface area contributed by atoms with E-state index in [1.807, 2.05) is 0 Å². The molecule has 9 heavy (non-hydrogen) atoms. The minimum atomic E-state index is -4.18. The molecule has 0 spiro atoms. The van der Waals surface area contributed by atoms with Gasteiger partial charge in [0.1, 0.15) is 0 Å². The van der Waals surface area contributed by atoms with Crippen LogP contribution >= 0.6 is 0 Å². The molecule has 4 heteroatoms. The fourth-order valence-electron chi connectivity index (χ4n) is 0.304. The third-order valence-electron chi connectivity index (χ3n) is 0.690. The molecule has 0 aromatic rings. The van der Waals surface area contributed by atoms with Crippen LogP contribution in [0.2, 0.25) is 0 Å². The predicted octanol–water partition coefficient (Wildman–Crippen LogP) is 1.52. The molecule has 0 aliphatic heterocycles. The smallest absolute Gasteiger partial charge is 0.389 e. The zero-order valence-corrected chi connectivity index (χ0v) is 4.94. The van der Waals surface area contributed by atoms with E-state index in [1.165, 1.54) is 6.92 Å².